The van der Waals surface area contributed by atoms with Crippen molar-refractivity contribution in [3.8, 4) is 0 Å². The molecule has 4 nitrogen and oxygen atoms in total. The zero-order chi connectivity index (χ0) is 12.1. The van der Waals surface area contributed by atoms with E-state index in [-0.39, 0.29) is 5.78 Å². The van der Waals surface area contributed by atoms with Gasteiger partial charge in [-0.1, -0.05) is 0 Å². The lowest BCUT2D eigenvalue weighted by atomic mass is 9.94. The fourth-order valence-electron chi connectivity index (χ4n) is 2.78. The lowest BCUT2D eigenvalue weighted by molar-refractivity contribution is 0.0968. The molecule has 0 radical (unpaired) electrons. The quantitative estimate of drug-likeness (QED) is 0.653. The molecule has 1 aliphatic carbocycles. The van der Waals surface area contributed by atoms with Gasteiger partial charge >= 0.3 is 0 Å². The minimum absolute atomic E-state index is 0.225. The summed E-state index contributed by atoms with van der Waals surface area (Å²) in [6, 6.07) is 4.08. The van der Waals surface area contributed by atoms with Crippen LogP contribution in [0, 0.1) is 0 Å². The maximum Gasteiger partial charge on any atom is 0.179 e. The van der Waals surface area contributed by atoms with Gasteiger partial charge in [0.1, 0.15) is 6.33 Å². The largest absolute Gasteiger partial charge is 0.352 e. The highest BCUT2D eigenvalue weighted by molar-refractivity contribution is 6.06. The molecule has 2 aromatic heterocycles. The van der Waals surface area contributed by atoms with Gasteiger partial charge in [-0.3, -0.25) is 4.79 Å². The van der Waals surface area contributed by atoms with Crippen LogP contribution in [0.5, 0.6) is 0 Å². The smallest absolute Gasteiger partial charge is 0.179 e. The Labute approximate surface area is 103 Å². The third-order valence-electron chi connectivity index (χ3n) is 3.64. The molecule has 18 heavy (non-hydrogen) atoms. The molecule has 0 spiro atoms. The lowest BCUT2D eigenvalue weighted by Crippen LogP contribution is -2.09. The van der Waals surface area contributed by atoms with Crippen molar-refractivity contribution in [2.24, 2.45) is 0 Å². The summed E-state index contributed by atoms with van der Waals surface area (Å²) in [5.74, 6) is 0.225. The first-order valence-corrected chi connectivity index (χ1v) is 6.10. The normalized spacial score (nSPS) is 15.2. The number of fused-ring (bicyclic) bond motifs is 4. The first-order chi connectivity index (χ1) is 8.83. The van der Waals surface area contributed by atoms with Gasteiger partial charge in [-0.15, -0.1) is 0 Å². The molecule has 88 valence electrons. The molecule has 0 atom stereocenters. The molecule has 0 saturated carbocycles. The molecule has 4 rings (SSSR count). The van der Waals surface area contributed by atoms with E-state index in [0.29, 0.717) is 6.42 Å². The Hall–Kier alpha value is -2.23. The molecule has 1 aromatic carbocycles. The van der Waals surface area contributed by atoms with Crippen LogP contribution in [0.1, 0.15) is 28.9 Å². The monoisotopic (exact) mass is 237 g/mol. The van der Waals surface area contributed by atoms with Gasteiger partial charge in [0.2, 0.25) is 0 Å². The average molecular weight is 237 g/mol. The summed E-state index contributed by atoms with van der Waals surface area (Å²) >= 11 is 0. The lowest BCUT2D eigenvalue weighted by Gasteiger charge is -2.09. The van der Waals surface area contributed by atoms with Gasteiger partial charge in [0.05, 0.1) is 11.2 Å². The number of hydrogen-bond donors (Lipinski definition) is 1. The van der Waals surface area contributed by atoms with Crippen LogP contribution in [0.2, 0.25) is 0 Å². The van der Waals surface area contributed by atoms with Crippen LogP contribution >= 0.6 is 0 Å². The second-order valence-electron chi connectivity index (χ2n) is 4.73. The van der Waals surface area contributed by atoms with E-state index in [0.717, 1.165) is 45.9 Å². The van der Waals surface area contributed by atoms with Gasteiger partial charge in [0, 0.05) is 28.9 Å². The summed E-state index contributed by atoms with van der Waals surface area (Å²) in [7, 11) is 0. The molecule has 3 aromatic rings. The Morgan fingerprint density at radius 1 is 1.22 bits per heavy atom. The van der Waals surface area contributed by atoms with Crippen LogP contribution in [-0.2, 0) is 6.42 Å². The summed E-state index contributed by atoms with van der Waals surface area (Å²) < 4.78 is 0. The molecular weight excluding hydrogens is 226 g/mol. The van der Waals surface area contributed by atoms with Crippen molar-refractivity contribution >= 4 is 27.6 Å². The highest BCUT2D eigenvalue weighted by Crippen LogP contribution is 2.31. The Kier molecular flexibility index (Phi) is 1.84. The number of carbonyl (C=O) groups excluding carboxylic acids is 1. The highest BCUT2D eigenvalue weighted by Gasteiger charge is 2.21. The minimum atomic E-state index is 0.225. The van der Waals surface area contributed by atoms with E-state index < -0.39 is 0 Å². The highest BCUT2D eigenvalue weighted by atomic mass is 16.1. The van der Waals surface area contributed by atoms with E-state index in [2.05, 4.69) is 21.0 Å². The summed E-state index contributed by atoms with van der Waals surface area (Å²) in [4.78, 5) is 23.4. The fourth-order valence-corrected chi connectivity index (χ4v) is 2.78. The number of hydrogen-bond acceptors (Lipinski definition) is 3. The van der Waals surface area contributed by atoms with Gasteiger partial charge < -0.3 is 4.98 Å². The zero-order valence-corrected chi connectivity index (χ0v) is 9.73. The first-order valence-electron chi connectivity index (χ1n) is 6.10. The number of ketones is 1. The SMILES string of the molecule is O=C1CCCc2c1[nH]c1cc3cncnc3cc21. The number of aryl methyl sites for hydroxylation is 1. The number of benzene rings is 1. The maximum atomic E-state index is 11.9. The van der Waals surface area contributed by atoms with Crippen LogP contribution < -0.4 is 0 Å². The summed E-state index contributed by atoms with van der Waals surface area (Å²) in [6.45, 7) is 0. The number of nitrogens with zero attached hydrogens (tertiary/aromatic N) is 2. The number of rotatable bonds is 0. The van der Waals surface area contributed by atoms with Gasteiger partial charge in [-0.25, -0.2) is 9.97 Å². The van der Waals surface area contributed by atoms with E-state index in [9.17, 15) is 4.79 Å². The van der Waals surface area contributed by atoms with E-state index >= 15 is 0 Å². The molecule has 2 heterocycles. The molecule has 0 aliphatic heterocycles. The van der Waals surface area contributed by atoms with Crippen molar-refractivity contribution in [3.05, 3.63) is 35.9 Å². The topological polar surface area (TPSA) is 58.6 Å². The summed E-state index contributed by atoms with van der Waals surface area (Å²) in [5.41, 5.74) is 3.89. The van der Waals surface area contributed by atoms with Crippen LogP contribution in [0.3, 0.4) is 0 Å². The van der Waals surface area contributed by atoms with Crippen molar-refractivity contribution in [1.29, 1.82) is 0 Å². The molecular formula is C14H11N3O. The van der Waals surface area contributed by atoms with Crippen molar-refractivity contribution in [1.82, 2.24) is 15.0 Å². The van der Waals surface area contributed by atoms with Crippen LogP contribution in [0.4, 0.5) is 0 Å². The van der Waals surface area contributed by atoms with Gasteiger partial charge in [-0.2, -0.15) is 0 Å². The Balaban J connectivity index is 2.13. The number of carbonyl (C=O) groups is 1. The second kappa shape index (κ2) is 3.38. The zero-order valence-electron chi connectivity index (χ0n) is 9.73. The molecule has 0 saturated heterocycles. The maximum absolute atomic E-state index is 11.9. The van der Waals surface area contributed by atoms with Crippen molar-refractivity contribution in [3.63, 3.8) is 0 Å². The Bertz CT molecular complexity index is 788. The average Bonchev–Trinajstić information content (AvgIpc) is 2.76. The number of aromatic amines is 1. The van der Waals surface area contributed by atoms with Gasteiger partial charge in [-0.05, 0) is 30.5 Å². The van der Waals surface area contributed by atoms with E-state index in [1.807, 2.05) is 6.07 Å². The number of Topliss-reactive ketones (excluding diaryl/α,β-unsaturated/α-hetero) is 1. The van der Waals surface area contributed by atoms with Crippen molar-refractivity contribution < 1.29 is 4.79 Å². The van der Waals surface area contributed by atoms with Crippen LogP contribution in [0.25, 0.3) is 21.8 Å². The Morgan fingerprint density at radius 3 is 3.11 bits per heavy atom. The third kappa shape index (κ3) is 1.23. The molecule has 1 N–H and O–H groups in total. The fraction of sp³-hybridized carbons (Fsp3) is 0.214. The predicted molar refractivity (Wildman–Crippen MR) is 68.7 cm³/mol. The summed E-state index contributed by atoms with van der Waals surface area (Å²) in [5, 5.41) is 2.13. The van der Waals surface area contributed by atoms with E-state index in [1.165, 1.54) is 0 Å². The van der Waals surface area contributed by atoms with Gasteiger partial charge in [0.25, 0.3) is 0 Å². The Morgan fingerprint density at radius 2 is 2.17 bits per heavy atom. The molecule has 0 amide bonds. The van der Waals surface area contributed by atoms with Gasteiger partial charge in [0.15, 0.2) is 5.78 Å². The third-order valence-corrected chi connectivity index (χ3v) is 3.64. The number of nitrogens with one attached hydrogen (secondary N) is 1. The van der Waals surface area contributed by atoms with Crippen LogP contribution in [0.15, 0.2) is 24.7 Å². The molecule has 0 bridgehead atoms. The molecule has 0 fully saturated rings. The number of H-pyrrole nitrogens is 1. The first kappa shape index (κ1) is 9.76. The molecule has 1 aliphatic rings. The molecule has 4 heteroatoms. The van der Waals surface area contributed by atoms with E-state index in [4.69, 9.17) is 0 Å². The number of aromatic nitrogens is 3. The van der Waals surface area contributed by atoms with Crippen molar-refractivity contribution in [2.75, 3.05) is 0 Å². The second-order valence-corrected chi connectivity index (χ2v) is 4.73. The molecule has 0 unspecified atom stereocenters. The summed E-state index contributed by atoms with van der Waals surface area (Å²) in [6.07, 6.45) is 5.92. The van der Waals surface area contributed by atoms with Crippen LogP contribution in [-0.4, -0.2) is 20.7 Å². The van der Waals surface area contributed by atoms with E-state index in [1.54, 1.807) is 12.5 Å². The van der Waals surface area contributed by atoms with Crippen molar-refractivity contribution in [2.45, 2.75) is 19.3 Å². The standard InChI is InChI=1S/C14H11N3O/c18-13-3-1-2-9-10-5-11-8(6-15-7-16-11)4-12(10)17-14(9)13/h4-7,17H,1-3H2. The predicted octanol–water partition coefficient (Wildman–Crippen LogP) is 2.63. The minimum Gasteiger partial charge on any atom is -0.352 e.